The minimum absolute atomic E-state index is 0.0176. The Kier molecular flexibility index (Phi) is 53.4. The molecule has 3 aromatic heterocycles. The van der Waals surface area contributed by atoms with E-state index in [1.807, 2.05) is 97.1 Å². The smallest absolute Gasteiger partial charge is 0.171 e. The predicted octanol–water partition coefficient (Wildman–Crippen LogP) is 36.3. The van der Waals surface area contributed by atoms with Gasteiger partial charge >= 0.3 is 0 Å². The molecule has 0 atom stereocenters. The summed E-state index contributed by atoms with van der Waals surface area (Å²) in [6.07, 6.45) is 77.7. The first kappa shape index (κ1) is 117. The topological polar surface area (TPSA) is 254 Å². The number of rotatable bonds is 70. The van der Waals surface area contributed by atoms with E-state index in [2.05, 4.69) is 83.9 Å². The van der Waals surface area contributed by atoms with Crippen LogP contribution in [0.5, 0.6) is 0 Å². The fraction of sp³-hybridized carbons (Fsp3) is 0.492. The Balaban J connectivity index is 0.935. The molecule has 8 bridgehead atoms. The first-order valence-electron chi connectivity index (χ1n) is 56.8. The second-order valence-corrected chi connectivity index (χ2v) is 40.7. The summed E-state index contributed by atoms with van der Waals surface area (Å²) in [6.45, 7) is 12.3. The molecule has 14 nitrogen and oxygen atoms in total. The number of hydrogen-bond acceptors (Lipinski definition) is 12. The highest BCUT2D eigenvalue weighted by Gasteiger charge is 2.30. The monoisotopic (exact) mass is 1990 g/mol. The lowest BCUT2D eigenvalue weighted by Gasteiger charge is -2.26. The lowest BCUT2D eigenvalue weighted by molar-refractivity contribution is 0.434. The second kappa shape index (κ2) is 67.7. The number of fused-ring (bicyclic) bond motifs is 8. The van der Waals surface area contributed by atoms with Crippen LogP contribution in [0.1, 0.15) is 432 Å². The van der Waals surface area contributed by atoms with Crippen molar-refractivity contribution in [3.63, 3.8) is 0 Å². The zero-order valence-corrected chi connectivity index (χ0v) is 89.3. The minimum atomic E-state index is -2.00. The fourth-order valence-electron chi connectivity index (χ4n) is 21.0. The van der Waals surface area contributed by atoms with Crippen LogP contribution in [-0.2, 0) is 0 Å². The van der Waals surface area contributed by atoms with E-state index < -0.39 is 50.4 Å². The SMILES string of the molecule is CCCCCCCCCCCCCCCCN(CCCCCCCCCCCCCCCC)c1ccc(C(=C(C#N)C#N)C(=C(C#N)C#N)c2ccc(-c3c4nc(cc5ccc([nH]5)c(-c5ccc(C(=C(C#N)C#N)C(c6ccc(N(CCCCCCCCCCCCCCCC)CCCCCCCCCCCCCCCC)cc6)=c6c(F)c(F)c(=C(C#N)C#N)c(F)c6F)cc5)c5nc(cc6ccc3[nH]6)C=C5)C=C4)cc2)cc1. The zero-order chi connectivity index (χ0) is 105. The standard InChI is InChI=1S/C130H160F4N14/c1-5-9-13-17-21-25-29-33-37-41-45-49-53-57-85-147(86-58-54-50-46-42-38-34-30-26-22-18-14-10-6-2)113-77-69-101(70-78-113)120(106(93-137)94-138)119(105(91-135)92-136)99-61-65-102(66-62-99)122-115-81-73-109(143-115)89-111-75-83-117(145-111)123(118-84-76-112(146-118)90-110-74-82-116(122)144-110)103-67-63-100(64-68-103)121(107(95-139)96-140)124(126-129(133)127(131)125(108(97-141)98-142)128(132)130(126)134)104-71-79-114(80-72-104)148(87-59-55-51-47-43-39-35-31-27-23-19-15-11-7-3)88-60-56-52-48-44-40-36-32-28-24-20-16-12-8-4/h61-84,89-90,143,146H,5-60,85-88H2,1-4H3. The number of nitrogens with zero attached hydrogens (tertiary/aromatic N) is 12. The summed E-state index contributed by atoms with van der Waals surface area (Å²) in [5, 5.41) is 82.3. The normalized spacial score (nSPS) is 11.3. The number of benzene rings is 5. The average Bonchev–Trinajstić information content (AvgIpc) is 1.51. The van der Waals surface area contributed by atoms with Crippen molar-refractivity contribution in [2.24, 2.45) is 0 Å². The Hall–Kier alpha value is -13.1. The Labute approximate surface area is 882 Å². The molecule has 0 saturated carbocycles. The van der Waals surface area contributed by atoms with E-state index in [0.717, 1.165) is 102 Å². The first-order valence-corrected chi connectivity index (χ1v) is 56.8. The molecule has 0 aliphatic carbocycles. The molecule has 0 amide bonds. The molecule has 778 valence electrons. The highest BCUT2D eigenvalue weighted by Crippen LogP contribution is 2.42. The maximum absolute atomic E-state index is 17.5. The van der Waals surface area contributed by atoms with Gasteiger partial charge in [0.15, 0.2) is 23.3 Å². The second-order valence-electron chi connectivity index (χ2n) is 40.7. The molecule has 148 heavy (non-hydrogen) atoms. The van der Waals surface area contributed by atoms with Crippen molar-refractivity contribution in [2.45, 2.75) is 387 Å². The van der Waals surface area contributed by atoms with Crippen LogP contribution in [0.25, 0.3) is 96.5 Å². The van der Waals surface area contributed by atoms with E-state index in [9.17, 15) is 42.1 Å². The molecule has 0 radical (unpaired) electrons. The van der Waals surface area contributed by atoms with Crippen LogP contribution in [0.4, 0.5) is 28.9 Å². The van der Waals surface area contributed by atoms with Crippen molar-refractivity contribution in [2.75, 3.05) is 36.0 Å². The molecular formula is C130H160F4N14. The quantitative estimate of drug-likeness (QED) is 0.0119. The van der Waals surface area contributed by atoms with Crippen LogP contribution in [0, 0.1) is 114 Å². The molecule has 5 aromatic carbocycles. The fourth-order valence-corrected chi connectivity index (χ4v) is 21.0. The third-order valence-electron chi connectivity index (χ3n) is 29.4. The van der Waals surface area contributed by atoms with E-state index in [1.165, 1.54) is 307 Å². The van der Waals surface area contributed by atoms with Gasteiger partial charge in [0.05, 0.1) is 33.2 Å². The average molecular weight is 1990 g/mol. The predicted molar refractivity (Wildman–Crippen MR) is 605 cm³/mol. The number of nitrogens with one attached hydrogen (secondary N) is 2. The molecule has 0 spiro atoms. The number of H-pyrrole nitrogens is 2. The maximum Gasteiger partial charge on any atom is 0.171 e. The number of aromatic nitrogens is 4. The summed E-state index contributed by atoms with van der Waals surface area (Å²) in [7, 11) is 0. The summed E-state index contributed by atoms with van der Waals surface area (Å²) in [5.41, 5.74) is 7.57. The van der Waals surface area contributed by atoms with Gasteiger partial charge in [-0.2, -0.15) is 42.1 Å². The van der Waals surface area contributed by atoms with Gasteiger partial charge < -0.3 is 19.8 Å². The highest BCUT2D eigenvalue weighted by molar-refractivity contribution is 6.12. The van der Waals surface area contributed by atoms with Crippen molar-refractivity contribution in [1.82, 2.24) is 19.9 Å². The molecule has 2 N–H and O–H groups in total. The van der Waals surface area contributed by atoms with Crippen molar-refractivity contribution in [3.05, 3.63) is 229 Å². The van der Waals surface area contributed by atoms with E-state index in [0.29, 0.717) is 78.2 Å². The number of aromatic amines is 2. The van der Waals surface area contributed by atoms with Gasteiger partial charge in [0.1, 0.15) is 70.8 Å². The van der Waals surface area contributed by atoms with E-state index in [1.54, 1.807) is 60.7 Å². The molecule has 0 fully saturated rings. The van der Waals surface area contributed by atoms with Crippen molar-refractivity contribution in [3.8, 4) is 70.8 Å². The summed E-state index contributed by atoms with van der Waals surface area (Å²) in [5.74, 6) is -7.88. The maximum atomic E-state index is 17.5. The van der Waals surface area contributed by atoms with E-state index >= 15 is 17.6 Å². The van der Waals surface area contributed by atoms with Gasteiger partial charge in [-0.05, 0) is 144 Å². The van der Waals surface area contributed by atoms with Crippen LogP contribution in [-0.4, -0.2) is 46.1 Å². The molecule has 8 aromatic rings. The highest BCUT2D eigenvalue weighted by atomic mass is 19.2. The van der Waals surface area contributed by atoms with Crippen LogP contribution in [0.2, 0.25) is 0 Å². The molecule has 2 aliphatic rings. The third-order valence-corrected chi connectivity index (χ3v) is 29.4. The summed E-state index contributed by atoms with van der Waals surface area (Å²) >= 11 is 0. The molecule has 10 rings (SSSR count). The molecule has 0 saturated heterocycles. The van der Waals surface area contributed by atoms with Crippen LogP contribution in [0.15, 0.2) is 150 Å². The molecule has 0 unspecified atom stereocenters. The lowest BCUT2D eigenvalue weighted by atomic mass is 9.85. The van der Waals surface area contributed by atoms with Gasteiger partial charge in [-0.1, -0.05) is 434 Å². The summed E-state index contributed by atoms with van der Waals surface area (Å²) in [4.78, 5) is 22.4. The van der Waals surface area contributed by atoms with Crippen LogP contribution < -0.4 is 20.2 Å². The number of hydrogen-bond donors (Lipinski definition) is 2. The Bertz CT molecular complexity index is 6180. The van der Waals surface area contributed by atoms with E-state index in [-0.39, 0.29) is 39.0 Å². The molecule has 18 heteroatoms. The Morgan fingerprint density at radius 2 is 0.493 bits per heavy atom. The Morgan fingerprint density at radius 1 is 0.257 bits per heavy atom. The number of allylic oxidation sites excluding steroid dienone is 6. The van der Waals surface area contributed by atoms with Crippen LogP contribution >= 0.6 is 0 Å². The molecular weight excluding hydrogens is 1830 g/mol. The number of unbranched alkanes of at least 4 members (excludes halogenated alkanes) is 52. The Morgan fingerprint density at radius 3 is 0.757 bits per heavy atom. The van der Waals surface area contributed by atoms with Crippen molar-refractivity contribution in [1.29, 1.82) is 42.1 Å². The number of anilines is 2. The first-order chi connectivity index (χ1) is 72.7. The third kappa shape index (κ3) is 36.7. The molecule has 5 heterocycles. The number of halogens is 4. The van der Waals surface area contributed by atoms with Gasteiger partial charge in [-0.25, -0.2) is 27.5 Å². The van der Waals surface area contributed by atoms with Gasteiger partial charge in [-0.3, -0.25) is 0 Å². The minimum Gasteiger partial charge on any atom is -0.372 e. The largest absolute Gasteiger partial charge is 0.372 e. The summed E-state index contributed by atoms with van der Waals surface area (Å²) < 4.78 is 68.7. The molecule has 2 aliphatic heterocycles. The van der Waals surface area contributed by atoms with E-state index in [4.69, 9.17) is 9.97 Å². The van der Waals surface area contributed by atoms with Gasteiger partial charge in [0, 0.05) is 93.0 Å². The lowest BCUT2D eigenvalue weighted by Crippen LogP contribution is -2.32. The van der Waals surface area contributed by atoms with Gasteiger partial charge in [0.2, 0.25) is 0 Å². The van der Waals surface area contributed by atoms with Crippen molar-refractivity contribution >= 4 is 85.6 Å². The zero-order valence-electron chi connectivity index (χ0n) is 89.3. The van der Waals surface area contributed by atoms with Gasteiger partial charge in [0.25, 0.3) is 0 Å². The van der Waals surface area contributed by atoms with Crippen LogP contribution in [0.3, 0.4) is 0 Å². The van der Waals surface area contributed by atoms with Crippen molar-refractivity contribution < 1.29 is 17.6 Å². The number of nitriles is 8. The summed E-state index contributed by atoms with van der Waals surface area (Å²) in [6, 6.07) is 55.2. The van der Waals surface area contributed by atoms with Gasteiger partial charge in [-0.15, -0.1) is 0 Å².